The van der Waals surface area contributed by atoms with Gasteiger partial charge < -0.3 is 9.05 Å². The summed E-state index contributed by atoms with van der Waals surface area (Å²) in [7, 11) is -3.35. The van der Waals surface area contributed by atoms with E-state index >= 15 is 0 Å². The summed E-state index contributed by atoms with van der Waals surface area (Å²) < 4.78 is 22.7. The van der Waals surface area contributed by atoms with Gasteiger partial charge in [-0.25, -0.2) is 4.57 Å². The highest BCUT2D eigenvalue weighted by Gasteiger charge is 2.20. The lowest BCUT2D eigenvalue weighted by molar-refractivity contribution is -0.384. The predicted octanol–water partition coefficient (Wildman–Crippen LogP) is 3.88. The summed E-state index contributed by atoms with van der Waals surface area (Å²) in [5.41, 5.74) is -0.0627. The van der Waals surface area contributed by atoms with Crippen LogP contribution in [0.1, 0.15) is 0 Å². The van der Waals surface area contributed by atoms with Crippen LogP contribution in [-0.4, -0.2) is 11.6 Å². The maximum absolute atomic E-state index is 12.2. The number of hydrogen-bond donors (Lipinski definition) is 0. The molecule has 0 aliphatic carbocycles. The third-order valence-corrected chi connectivity index (χ3v) is 3.42. The minimum absolute atomic E-state index is 0.0627. The lowest BCUT2D eigenvalue weighted by atomic mass is 10.3. The van der Waals surface area contributed by atoms with Crippen LogP contribution in [0.2, 0.25) is 0 Å². The molecular formula is C13H12NO5P. The van der Waals surface area contributed by atoms with Gasteiger partial charge in [0.2, 0.25) is 0 Å². The van der Waals surface area contributed by atoms with Crippen LogP contribution < -0.4 is 9.05 Å². The standard InChI is InChI=1S/C13H12NO5P/c1-20(17,18-12-5-3-2-4-6-12)19-13-9-7-11(8-10-13)14(15)16/h2-10H,1H3. The maximum Gasteiger partial charge on any atom is 0.427 e. The van der Waals surface area contributed by atoms with E-state index in [1.54, 1.807) is 24.3 Å². The molecule has 0 N–H and O–H groups in total. The fourth-order valence-electron chi connectivity index (χ4n) is 1.51. The smallest absolute Gasteiger partial charge is 0.416 e. The van der Waals surface area contributed by atoms with Crippen LogP contribution in [0.15, 0.2) is 54.6 Å². The van der Waals surface area contributed by atoms with E-state index in [2.05, 4.69) is 0 Å². The molecule has 1 unspecified atom stereocenters. The van der Waals surface area contributed by atoms with Gasteiger partial charge in [-0.3, -0.25) is 10.1 Å². The number of benzene rings is 2. The van der Waals surface area contributed by atoms with E-state index in [9.17, 15) is 14.7 Å². The Balaban J connectivity index is 2.08. The lowest BCUT2D eigenvalue weighted by Gasteiger charge is -2.15. The Hall–Kier alpha value is -2.33. The Labute approximate surface area is 115 Å². The van der Waals surface area contributed by atoms with Gasteiger partial charge >= 0.3 is 7.60 Å². The largest absolute Gasteiger partial charge is 0.427 e. The Kier molecular flexibility index (Phi) is 4.05. The second-order valence-electron chi connectivity index (χ2n) is 4.02. The van der Waals surface area contributed by atoms with Crippen molar-refractivity contribution in [3.63, 3.8) is 0 Å². The van der Waals surface area contributed by atoms with Crippen LogP contribution in [-0.2, 0) is 4.57 Å². The molecule has 2 rings (SSSR count). The van der Waals surface area contributed by atoms with Gasteiger partial charge in [0.25, 0.3) is 5.69 Å². The monoisotopic (exact) mass is 293 g/mol. The quantitative estimate of drug-likeness (QED) is 0.475. The van der Waals surface area contributed by atoms with Crippen LogP contribution in [0.4, 0.5) is 5.69 Å². The number of rotatable bonds is 5. The first kappa shape index (κ1) is 14.1. The Morgan fingerprint density at radius 3 is 1.95 bits per heavy atom. The molecule has 0 radical (unpaired) electrons. The average Bonchev–Trinajstić information content (AvgIpc) is 2.39. The van der Waals surface area contributed by atoms with Gasteiger partial charge in [0.05, 0.1) is 11.6 Å². The third-order valence-electron chi connectivity index (χ3n) is 2.33. The number of nitro groups is 1. The highest BCUT2D eigenvalue weighted by molar-refractivity contribution is 7.53. The molecule has 0 aliphatic rings. The molecule has 0 aliphatic heterocycles. The molecule has 20 heavy (non-hydrogen) atoms. The molecule has 0 spiro atoms. The van der Waals surface area contributed by atoms with Gasteiger partial charge in [-0.1, -0.05) is 18.2 Å². The van der Waals surface area contributed by atoms with E-state index in [1.165, 1.54) is 30.9 Å². The van der Waals surface area contributed by atoms with E-state index in [-0.39, 0.29) is 11.4 Å². The summed E-state index contributed by atoms with van der Waals surface area (Å²) >= 11 is 0. The van der Waals surface area contributed by atoms with Crippen molar-refractivity contribution in [2.45, 2.75) is 0 Å². The normalized spacial score (nSPS) is 13.2. The molecule has 2 aromatic carbocycles. The minimum Gasteiger partial charge on any atom is -0.416 e. The fraction of sp³-hybridized carbons (Fsp3) is 0.0769. The molecule has 104 valence electrons. The minimum atomic E-state index is -3.35. The second-order valence-corrected chi connectivity index (χ2v) is 5.93. The van der Waals surface area contributed by atoms with Gasteiger partial charge in [-0.05, 0) is 24.3 Å². The molecule has 6 nitrogen and oxygen atoms in total. The Morgan fingerprint density at radius 2 is 1.45 bits per heavy atom. The van der Waals surface area contributed by atoms with Crippen LogP contribution in [0.5, 0.6) is 11.5 Å². The molecule has 1 atom stereocenters. The number of nitro benzene ring substituents is 1. The second kappa shape index (κ2) is 5.75. The van der Waals surface area contributed by atoms with Crippen molar-refractivity contribution in [2.24, 2.45) is 0 Å². The molecule has 0 fully saturated rings. The summed E-state index contributed by atoms with van der Waals surface area (Å²) in [5, 5.41) is 10.5. The van der Waals surface area contributed by atoms with Crippen molar-refractivity contribution in [1.29, 1.82) is 0 Å². The number of nitrogens with zero attached hydrogens (tertiary/aromatic N) is 1. The van der Waals surface area contributed by atoms with Crippen molar-refractivity contribution in [1.82, 2.24) is 0 Å². The zero-order valence-corrected chi connectivity index (χ0v) is 11.5. The molecule has 0 amide bonds. The van der Waals surface area contributed by atoms with Gasteiger partial charge in [0, 0.05) is 12.1 Å². The zero-order valence-electron chi connectivity index (χ0n) is 10.6. The van der Waals surface area contributed by atoms with Gasteiger partial charge in [0.1, 0.15) is 11.5 Å². The van der Waals surface area contributed by atoms with E-state index in [4.69, 9.17) is 9.05 Å². The number of para-hydroxylation sites is 1. The van der Waals surface area contributed by atoms with Gasteiger partial charge in [-0.15, -0.1) is 0 Å². The van der Waals surface area contributed by atoms with Crippen molar-refractivity contribution in [3.8, 4) is 11.5 Å². The van der Waals surface area contributed by atoms with Gasteiger partial charge in [0.15, 0.2) is 0 Å². The number of hydrogen-bond acceptors (Lipinski definition) is 5. The van der Waals surface area contributed by atoms with Crippen molar-refractivity contribution >= 4 is 13.3 Å². The van der Waals surface area contributed by atoms with E-state index in [0.29, 0.717) is 5.75 Å². The summed E-state index contributed by atoms with van der Waals surface area (Å²) in [6.07, 6.45) is 0. The summed E-state index contributed by atoms with van der Waals surface area (Å²) in [6, 6.07) is 13.9. The zero-order chi connectivity index (χ0) is 14.6. The first-order valence-corrected chi connectivity index (χ1v) is 7.71. The average molecular weight is 293 g/mol. The SMILES string of the molecule is CP(=O)(Oc1ccccc1)Oc1ccc([N+](=O)[O-])cc1. The third kappa shape index (κ3) is 3.83. The van der Waals surface area contributed by atoms with Crippen LogP contribution in [0, 0.1) is 10.1 Å². The maximum atomic E-state index is 12.2. The van der Waals surface area contributed by atoms with Crippen molar-refractivity contribution < 1.29 is 18.5 Å². The molecular weight excluding hydrogens is 281 g/mol. The summed E-state index contributed by atoms with van der Waals surface area (Å²) in [4.78, 5) is 10.0. The topological polar surface area (TPSA) is 78.7 Å². The van der Waals surface area contributed by atoms with Crippen LogP contribution in [0.25, 0.3) is 0 Å². The summed E-state index contributed by atoms with van der Waals surface area (Å²) in [5.74, 6) is 0.678. The Bertz CT molecular complexity index is 642. The molecule has 0 heterocycles. The molecule has 7 heteroatoms. The van der Waals surface area contributed by atoms with Crippen LogP contribution in [0.3, 0.4) is 0 Å². The van der Waals surface area contributed by atoms with Crippen molar-refractivity contribution in [2.75, 3.05) is 6.66 Å². The van der Waals surface area contributed by atoms with Crippen molar-refractivity contribution in [3.05, 3.63) is 64.7 Å². The van der Waals surface area contributed by atoms with E-state index in [0.717, 1.165) is 0 Å². The lowest BCUT2D eigenvalue weighted by Crippen LogP contribution is -1.99. The predicted molar refractivity (Wildman–Crippen MR) is 74.3 cm³/mol. The fourth-order valence-corrected chi connectivity index (χ4v) is 2.56. The highest BCUT2D eigenvalue weighted by Crippen LogP contribution is 2.44. The molecule has 0 bridgehead atoms. The molecule has 0 saturated heterocycles. The molecule has 0 saturated carbocycles. The molecule has 2 aromatic rings. The summed E-state index contributed by atoms with van der Waals surface area (Å²) in [6.45, 7) is 1.33. The van der Waals surface area contributed by atoms with Crippen LogP contribution >= 0.6 is 7.60 Å². The Morgan fingerprint density at radius 1 is 0.950 bits per heavy atom. The number of non-ortho nitro benzene ring substituents is 1. The van der Waals surface area contributed by atoms with E-state index < -0.39 is 12.5 Å². The van der Waals surface area contributed by atoms with E-state index in [1.807, 2.05) is 6.07 Å². The molecule has 0 aromatic heterocycles. The highest BCUT2D eigenvalue weighted by atomic mass is 31.2. The van der Waals surface area contributed by atoms with Gasteiger partial charge in [-0.2, -0.15) is 0 Å². The first-order valence-electron chi connectivity index (χ1n) is 5.72. The first-order chi connectivity index (χ1) is 9.46.